The Morgan fingerprint density at radius 1 is 1.16 bits per heavy atom. The number of carbonyl (C=O) groups is 1. The highest BCUT2D eigenvalue weighted by atomic mass is 16.5. The first-order valence-corrected chi connectivity index (χ1v) is 10.5. The van der Waals surface area contributed by atoms with Gasteiger partial charge in [-0.05, 0) is 57.4 Å². The molecule has 1 aromatic carbocycles. The number of rotatable bonds is 7. The fraction of sp³-hybridized carbons (Fsp3) is 0.375. The third-order valence-corrected chi connectivity index (χ3v) is 5.11. The molecule has 0 atom stereocenters. The number of hydrogen-bond donors (Lipinski definition) is 1. The Morgan fingerprint density at radius 2 is 1.94 bits per heavy atom. The summed E-state index contributed by atoms with van der Waals surface area (Å²) >= 11 is 0. The van der Waals surface area contributed by atoms with Crippen LogP contribution in [-0.2, 0) is 12.1 Å². The average Bonchev–Trinajstić information content (AvgIpc) is 3.50. The van der Waals surface area contributed by atoms with E-state index in [9.17, 15) is 4.79 Å². The maximum atomic E-state index is 12.9. The fourth-order valence-corrected chi connectivity index (χ4v) is 3.29. The van der Waals surface area contributed by atoms with E-state index < -0.39 is 0 Å². The van der Waals surface area contributed by atoms with Crippen molar-refractivity contribution in [2.24, 2.45) is 0 Å². The first-order valence-electron chi connectivity index (χ1n) is 10.5. The molecule has 0 unspecified atom stereocenters. The number of amides is 1. The number of methoxy groups -OCH3 is 1. The lowest BCUT2D eigenvalue weighted by Crippen LogP contribution is -2.32. The Kier molecular flexibility index (Phi) is 5.67. The number of nitrogens with zero attached hydrogens (tertiary/aromatic N) is 3. The fourth-order valence-electron chi connectivity index (χ4n) is 3.29. The van der Waals surface area contributed by atoms with Crippen LogP contribution in [0.4, 0.5) is 0 Å². The highest BCUT2D eigenvalue weighted by molar-refractivity contribution is 5.92. The van der Waals surface area contributed by atoms with Gasteiger partial charge >= 0.3 is 0 Å². The zero-order valence-corrected chi connectivity index (χ0v) is 18.4. The Morgan fingerprint density at radius 3 is 2.58 bits per heavy atom. The van der Waals surface area contributed by atoms with Crippen molar-refractivity contribution >= 4 is 5.91 Å². The molecule has 1 aliphatic carbocycles. The zero-order valence-electron chi connectivity index (χ0n) is 18.4. The second kappa shape index (κ2) is 8.41. The third-order valence-electron chi connectivity index (χ3n) is 5.11. The molecule has 0 spiro atoms. The van der Waals surface area contributed by atoms with Crippen molar-refractivity contribution in [1.82, 2.24) is 20.1 Å². The highest BCUT2D eigenvalue weighted by Crippen LogP contribution is 2.40. The largest absolute Gasteiger partial charge is 0.497 e. The van der Waals surface area contributed by atoms with Crippen LogP contribution in [0, 0.1) is 0 Å². The molecule has 0 bridgehead atoms. The van der Waals surface area contributed by atoms with Gasteiger partial charge in [0.2, 0.25) is 5.88 Å². The summed E-state index contributed by atoms with van der Waals surface area (Å²) in [4.78, 5) is 17.2. The SMILES string of the molecule is COc1cccc(Oc2ccc(CNC(=O)c3cc(C4CC4)nn3C(C)(C)C)cn2)c1. The Bertz CT molecular complexity index is 1060. The summed E-state index contributed by atoms with van der Waals surface area (Å²) in [6, 6.07) is 12.9. The summed E-state index contributed by atoms with van der Waals surface area (Å²) in [5.41, 5.74) is 2.23. The van der Waals surface area contributed by atoms with Gasteiger partial charge in [0.25, 0.3) is 5.91 Å². The molecule has 1 fully saturated rings. The van der Waals surface area contributed by atoms with E-state index in [4.69, 9.17) is 14.6 Å². The van der Waals surface area contributed by atoms with Crippen molar-refractivity contribution in [2.45, 2.75) is 51.6 Å². The molecular weight excluding hydrogens is 392 g/mol. The minimum Gasteiger partial charge on any atom is -0.497 e. The quantitative estimate of drug-likeness (QED) is 0.602. The van der Waals surface area contributed by atoms with Crippen molar-refractivity contribution in [2.75, 3.05) is 7.11 Å². The summed E-state index contributed by atoms with van der Waals surface area (Å²) in [5.74, 6) is 2.21. The van der Waals surface area contributed by atoms with Crippen molar-refractivity contribution < 1.29 is 14.3 Å². The number of nitrogens with one attached hydrogen (secondary N) is 1. The van der Waals surface area contributed by atoms with Crippen molar-refractivity contribution in [3.8, 4) is 17.4 Å². The predicted molar refractivity (Wildman–Crippen MR) is 118 cm³/mol. The van der Waals surface area contributed by atoms with Gasteiger partial charge < -0.3 is 14.8 Å². The van der Waals surface area contributed by atoms with Crippen molar-refractivity contribution in [3.63, 3.8) is 0 Å². The third kappa shape index (κ3) is 5.05. The molecule has 1 aliphatic rings. The number of carbonyl (C=O) groups excluding carboxylic acids is 1. The minimum absolute atomic E-state index is 0.133. The number of aromatic nitrogens is 3. The molecule has 1 N–H and O–H groups in total. The van der Waals surface area contributed by atoms with Gasteiger partial charge in [0.05, 0.1) is 18.3 Å². The maximum absolute atomic E-state index is 12.9. The summed E-state index contributed by atoms with van der Waals surface area (Å²) in [6.07, 6.45) is 4.00. The van der Waals surface area contributed by atoms with Crippen LogP contribution < -0.4 is 14.8 Å². The molecule has 2 heterocycles. The number of pyridine rings is 1. The lowest BCUT2D eigenvalue weighted by molar-refractivity contribution is 0.0932. The van der Waals surface area contributed by atoms with Crippen molar-refractivity contribution in [3.05, 3.63) is 65.6 Å². The van der Waals surface area contributed by atoms with Crippen LogP contribution in [0.15, 0.2) is 48.7 Å². The van der Waals surface area contributed by atoms with Crippen LogP contribution in [0.2, 0.25) is 0 Å². The van der Waals surface area contributed by atoms with E-state index in [-0.39, 0.29) is 11.4 Å². The van der Waals surface area contributed by atoms with E-state index in [1.165, 1.54) is 0 Å². The van der Waals surface area contributed by atoms with Gasteiger partial charge in [-0.1, -0.05) is 12.1 Å². The van der Waals surface area contributed by atoms with Crippen LogP contribution in [-0.4, -0.2) is 27.8 Å². The molecule has 0 saturated heterocycles. The van der Waals surface area contributed by atoms with E-state index in [1.807, 2.05) is 35.0 Å². The van der Waals surface area contributed by atoms with Gasteiger partial charge in [-0.2, -0.15) is 5.10 Å². The highest BCUT2D eigenvalue weighted by Gasteiger charge is 2.31. The molecule has 4 rings (SSSR count). The summed E-state index contributed by atoms with van der Waals surface area (Å²) in [6.45, 7) is 6.54. The van der Waals surface area contributed by atoms with Crippen LogP contribution in [0.3, 0.4) is 0 Å². The standard InChI is InChI=1S/C24H28N4O3/c1-24(2,3)28-21(13-20(27-28)17-9-10-17)23(29)26-15-16-8-11-22(25-14-16)31-19-7-5-6-18(12-19)30-4/h5-8,11-14,17H,9-10,15H2,1-4H3,(H,26,29). The average molecular weight is 421 g/mol. The van der Waals surface area contributed by atoms with Gasteiger partial charge in [0, 0.05) is 30.8 Å². The number of hydrogen-bond acceptors (Lipinski definition) is 5. The van der Waals surface area contributed by atoms with E-state index in [2.05, 4.69) is 31.1 Å². The molecule has 3 aromatic rings. The van der Waals surface area contributed by atoms with E-state index >= 15 is 0 Å². The lowest BCUT2D eigenvalue weighted by atomic mass is 10.1. The Labute approximate surface area is 182 Å². The molecule has 0 radical (unpaired) electrons. The smallest absolute Gasteiger partial charge is 0.269 e. The monoisotopic (exact) mass is 420 g/mol. The van der Waals surface area contributed by atoms with Crippen molar-refractivity contribution in [1.29, 1.82) is 0 Å². The molecule has 31 heavy (non-hydrogen) atoms. The topological polar surface area (TPSA) is 78.3 Å². The normalized spacial score (nSPS) is 13.7. The lowest BCUT2D eigenvalue weighted by Gasteiger charge is -2.22. The van der Waals surface area contributed by atoms with E-state index in [0.717, 1.165) is 29.8 Å². The molecule has 1 amide bonds. The minimum atomic E-state index is -0.263. The van der Waals surface area contributed by atoms with Gasteiger partial charge in [-0.3, -0.25) is 9.48 Å². The van der Waals surface area contributed by atoms with Crippen LogP contribution in [0.5, 0.6) is 17.4 Å². The Hall–Kier alpha value is -3.35. The van der Waals surface area contributed by atoms with Gasteiger partial charge in [-0.25, -0.2) is 4.98 Å². The maximum Gasteiger partial charge on any atom is 0.269 e. The molecule has 0 aliphatic heterocycles. The van der Waals surface area contributed by atoms with Gasteiger partial charge in [0.1, 0.15) is 17.2 Å². The van der Waals surface area contributed by atoms with Gasteiger partial charge in [0.15, 0.2) is 0 Å². The number of benzene rings is 1. The second-order valence-corrected chi connectivity index (χ2v) is 8.78. The summed E-state index contributed by atoms with van der Waals surface area (Å²) in [7, 11) is 1.61. The molecule has 2 aromatic heterocycles. The van der Waals surface area contributed by atoms with Gasteiger partial charge in [-0.15, -0.1) is 0 Å². The molecule has 162 valence electrons. The zero-order chi connectivity index (χ0) is 22.0. The Balaban J connectivity index is 1.40. The first-order chi connectivity index (χ1) is 14.8. The molecular formula is C24H28N4O3. The second-order valence-electron chi connectivity index (χ2n) is 8.78. The van der Waals surface area contributed by atoms with E-state index in [1.54, 1.807) is 25.4 Å². The summed E-state index contributed by atoms with van der Waals surface area (Å²) < 4.78 is 12.8. The van der Waals surface area contributed by atoms with Crippen LogP contribution in [0.25, 0.3) is 0 Å². The summed E-state index contributed by atoms with van der Waals surface area (Å²) in [5, 5.41) is 7.69. The first kappa shape index (κ1) is 20.9. The molecule has 7 nitrogen and oxygen atoms in total. The molecule has 7 heteroatoms. The van der Waals surface area contributed by atoms with Crippen LogP contribution in [0.1, 0.15) is 61.3 Å². The van der Waals surface area contributed by atoms with Crippen LogP contribution >= 0.6 is 0 Å². The predicted octanol–water partition coefficient (Wildman–Crippen LogP) is 4.64. The number of ether oxygens (including phenoxy) is 2. The molecule has 1 saturated carbocycles. The van der Waals surface area contributed by atoms with E-state index in [0.29, 0.717) is 29.8 Å².